The molecule has 234 valence electrons. The van der Waals surface area contributed by atoms with Crippen LogP contribution in [0.5, 0.6) is 0 Å². The highest BCUT2D eigenvalue weighted by atomic mass is 16.3. The van der Waals surface area contributed by atoms with E-state index in [0.29, 0.717) is 17.5 Å². The van der Waals surface area contributed by atoms with Crippen LogP contribution >= 0.6 is 0 Å². The van der Waals surface area contributed by atoms with Gasteiger partial charge in [-0.15, -0.1) is 0 Å². The molecule has 4 nitrogen and oxygen atoms in total. The number of nitrogens with zero attached hydrogens (tertiary/aromatic N) is 3. The van der Waals surface area contributed by atoms with Crippen LogP contribution in [0.3, 0.4) is 0 Å². The average molecular weight is 632 g/mol. The molecule has 0 saturated carbocycles. The number of fused-ring (bicyclic) bond motifs is 9. The normalized spacial score (nSPS) is 14.9. The van der Waals surface area contributed by atoms with Crippen molar-refractivity contribution in [3.63, 3.8) is 0 Å². The van der Waals surface area contributed by atoms with Gasteiger partial charge < -0.3 is 4.42 Å². The number of furan rings is 1. The summed E-state index contributed by atoms with van der Waals surface area (Å²) in [6, 6.07) is 45.0. The van der Waals surface area contributed by atoms with Crippen molar-refractivity contribution in [2.75, 3.05) is 0 Å². The van der Waals surface area contributed by atoms with Crippen LogP contribution in [-0.4, -0.2) is 15.0 Å². The third-order valence-corrected chi connectivity index (χ3v) is 11.0. The fourth-order valence-electron chi connectivity index (χ4n) is 8.54. The van der Waals surface area contributed by atoms with Gasteiger partial charge in [0.1, 0.15) is 11.2 Å². The zero-order chi connectivity index (χ0) is 33.1. The molecule has 0 bridgehead atoms. The Morgan fingerprint density at radius 2 is 0.796 bits per heavy atom. The molecule has 2 heterocycles. The quantitative estimate of drug-likeness (QED) is 0.195. The minimum absolute atomic E-state index is 0.143. The van der Waals surface area contributed by atoms with E-state index in [0.717, 1.165) is 38.6 Å². The van der Waals surface area contributed by atoms with Crippen molar-refractivity contribution >= 4 is 21.9 Å². The van der Waals surface area contributed by atoms with E-state index in [1.54, 1.807) is 0 Å². The maximum atomic E-state index is 6.52. The van der Waals surface area contributed by atoms with Crippen LogP contribution in [0.4, 0.5) is 0 Å². The Balaban J connectivity index is 1.29. The monoisotopic (exact) mass is 631 g/mol. The topological polar surface area (TPSA) is 51.8 Å². The molecule has 0 saturated heterocycles. The van der Waals surface area contributed by atoms with Crippen LogP contribution in [-0.2, 0) is 10.8 Å². The van der Waals surface area contributed by atoms with Gasteiger partial charge in [-0.3, -0.25) is 0 Å². The summed E-state index contributed by atoms with van der Waals surface area (Å²) in [5, 5.41) is 2.12. The van der Waals surface area contributed by atoms with Crippen molar-refractivity contribution in [3.05, 3.63) is 150 Å². The minimum atomic E-state index is -0.143. The third kappa shape index (κ3) is 3.83. The Hall–Kier alpha value is -5.87. The van der Waals surface area contributed by atoms with Crippen LogP contribution in [0.25, 0.3) is 78.4 Å². The predicted octanol–water partition coefficient (Wildman–Crippen LogP) is 11.4. The van der Waals surface area contributed by atoms with E-state index in [4.69, 9.17) is 19.4 Å². The molecule has 0 spiro atoms. The summed E-state index contributed by atoms with van der Waals surface area (Å²) in [4.78, 5) is 16.0. The predicted molar refractivity (Wildman–Crippen MR) is 199 cm³/mol. The number of hydrogen-bond donors (Lipinski definition) is 0. The first kappa shape index (κ1) is 28.2. The second-order valence-corrected chi connectivity index (χ2v) is 14.4. The summed E-state index contributed by atoms with van der Waals surface area (Å²) < 4.78 is 6.52. The highest BCUT2D eigenvalue weighted by molar-refractivity contribution is 6.09. The Bertz CT molecular complexity index is 2550. The lowest BCUT2D eigenvalue weighted by atomic mass is 9.82. The summed E-state index contributed by atoms with van der Waals surface area (Å²) in [6.45, 7) is 9.22. The molecule has 0 N–H and O–H groups in total. The molecule has 2 aromatic heterocycles. The van der Waals surface area contributed by atoms with Crippen molar-refractivity contribution < 1.29 is 4.42 Å². The van der Waals surface area contributed by atoms with Gasteiger partial charge in [0, 0.05) is 32.7 Å². The fraction of sp³-hybridized carbons (Fsp3) is 0.133. The van der Waals surface area contributed by atoms with Crippen LogP contribution < -0.4 is 0 Å². The molecule has 0 fully saturated rings. The molecular formula is C45H33N3O. The van der Waals surface area contributed by atoms with Crippen LogP contribution in [0.15, 0.2) is 132 Å². The molecule has 0 unspecified atom stereocenters. The van der Waals surface area contributed by atoms with E-state index in [-0.39, 0.29) is 10.8 Å². The molecule has 6 aromatic carbocycles. The number of rotatable bonds is 3. The molecule has 10 rings (SSSR count). The van der Waals surface area contributed by atoms with Gasteiger partial charge in [0.2, 0.25) is 0 Å². The maximum Gasteiger partial charge on any atom is 0.167 e. The smallest absolute Gasteiger partial charge is 0.167 e. The van der Waals surface area contributed by atoms with Crippen molar-refractivity contribution in [2.24, 2.45) is 0 Å². The van der Waals surface area contributed by atoms with Crippen LogP contribution in [0, 0.1) is 0 Å². The molecule has 2 aliphatic rings. The van der Waals surface area contributed by atoms with Gasteiger partial charge in [0.05, 0.1) is 5.56 Å². The Labute approximate surface area is 285 Å². The fourth-order valence-corrected chi connectivity index (χ4v) is 8.54. The molecular weight excluding hydrogens is 599 g/mol. The zero-order valence-corrected chi connectivity index (χ0v) is 27.9. The van der Waals surface area contributed by atoms with E-state index in [1.165, 1.54) is 44.5 Å². The third-order valence-electron chi connectivity index (χ3n) is 11.0. The molecule has 4 heteroatoms. The van der Waals surface area contributed by atoms with Gasteiger partial charge in [0.15, 0.2) is 17.5 Å². The van der Waals surface area contributed by atoms with Gasteiger partial charge in [-0.1, -0.05) is 143 Å². The summed E-state index contributed by atoms with van der Waals surface area (Å²) in [7, 11) is 0. The highest BCUT2D eigenvalue weighted by Crippen LogP contribution is 2.53. The molecule has 0 amide bonds. The summed E-state index contributed by atoms with van der Waals surface area (Å²) in [5.74, 6) is 1.90. The Morgan fingerprint density at radius 1 is 0.388 bits per heavy atom. The van der Waals surface area contributed by atoms with Crippen LogP contribution in [0.1, 0.15) is 49.9 Å². The van der Waals surface area contributed by atoms with Gasteiger partial charge in [-0.25, -0.2) is 15.0 Å². The lowest BCUT2D eigenvalue weighted by molar-refractivity contribution is 0.660. The standard InChI is InChI=1S/C45H33N3O/c1-44(2)33-21-8-5-15-28(33)38-30(18-12-23-35(38)44)41-46-42(31-19-13-24-36-39(31)29-16-6-9-22-34(29)45(36,3)4)48-43(47-41)32-20-11-17-27-26-14-7-10-25-37(26)49-40(27)32/h5-25H,1-4H3. The molecule has 2 aliphatic carbocycles. The maximum absolute atomic E-state index is 6.52. The SMILES string of the molecule is CC1(C)c2ccccc2-c2c(-c3nc(-c4cccc5c4-c4ccccc4C5(C)C)nc(-c4cccc5c4oc4ccccc45)n3)cccc21. The van der Waals surface area contributed by atoms with E-state index in [2.05, 4.69) is 137 Å². The van der Waals surface area contributed by atoms with Gasteiger partial charge in [0.25, 0.3) is 0 Å². The molecule has 0 aliphatic heterocycles. The van der Waals surface area contributed by atoms with E-state index in [1.807, 2.05) is 18.2 Å². The molecule has 0 atom stereocenters. The lowest BCUT2D eigenvalue weighted by Crippen LogP contribution is -2.15. The lowest BCUT2D eigenvalue weighted by Gasteiger charge is -2.21. The van der Waals surface area contributed by atoms with E-state index >= 15 is 0 Å². The minimum Gasteiger partial charge on any atom is -0.455 e. The van der Waals surface area contributed by atoms with Crippen molar-refractivity contribution in [3.8, 4) is 56.4 Å². The van der Waals surface area contributed by atoms with Gasteiger partial charge in [-0.05, 0) is 56.6 Å². The van der Waals surface area contributed by atoms with E-state index < -0.39 is 0 Å². The average Bonchev–Trinajstić information content (AvgIpc) is 3.71. The number of benzene rings is 6. The second kappa shape index (κ2) is 9.83. The second-order valence-electron chi connectivity index (χ2n) is 14.4. The van der Waals surface area contributed by atoms with E-state index in [9.17, 15) is 0 Å². The number of aromatic nitrogens is 3. The van der Waals surface area contributed by atoms with Crippen LogP contribution in [0.2, 0.25) is 0 Å². The molecule has 0 radical (unpaired) electrons. The largest absolute Gasteiger partial charge is 0.455 e. The Kier molecular flexibility index (Phi) is 5.65. The first-order valence-electron chi connectivity index (χ1n) is 17.0. The zero-order valence-electron chi connectivity index (χ0n) is 27.9. The van der Waals surface area contributed by atoms with Crippen molar-refractivity contribution in [2.45, 2.75) is 38.5 Å². The van der Waals surface area contributed by atoms with Gasteiger partial charge in [-0.2, -0.15) is 0 Å². The number of hydrogen-bond acceptors (Lipinski definition) is 4. The number of para-hydroxylation sites is 2. The Morgan fingerprint density at radius 3 is 1.39 bits per heavy atom. The van der Waals surface area contributed by atoms with Crippen molar-refractivity contribution in [1.29, 1.82) is 0 Å². The molecule has 8 aromatic rings. The summed E-state index contributed by atoms with van der Waals surface area (Å²) >= 11 is 0. The first-order valence-corrected chi connectivity index (χ1v) is 17.0. The summed E-state index contributed by atoms with van der Waals surface area (Å²) in [5.41, 5.74) is 14.3. The van der Waals surface area contributed by atoms with Gasteiger partial charge >= 0.3 is 0 Å². The summed E-state index contributed by atoms with van der Waals surface area (Å²) in [6.07, 6.45) is 0. The van der Waals surface area contributed by atoms with Crippen molar-refractivity contribution in [1.82, 2.24) is 15.0 Å². The molecule has 49 heavy (non-hydrogen) atoms. The highest BCUT2D eigenvalue weighted by Gasteiger charge is 2.39. The first-order chi connectivity index (χ1) is 23.8.